The van der Waals surface area contributed by atoms with Gasteiger partial charge in [0.15, 0.2) is 0 Å². The van der Waals surface area contributed by atoms with Gasteiger partial charge in [-0.15, -0.1) is 0 Å². The van der Waals surface area contributed by atoms with E-state index in [2.05, 4.69) is 29.0 Å². The summed E-state index contributed by atoms with van der Waals surface area (Å²) in [6.07, 6.45) is 3.98. The molecule has 0 aliphatic heterocycles. The lowest BCUT2D eigenvalue weighted by molar-refractivity contribution is 0.0689. The smallest absolute Gasteiger partial charge is 0.253 e. The van der Waals surface area contributed by atoms with E-state index in [4.69, 9.17) is 4.74 Å². The lowest BCUT2D eigenvalue weighted by Gasteiger charge is -2.35. The van der Waals surface area contributed by atoms with Crippen molar-refractivity contribution in [2.24, 2.45) is 0 Å². The van der Waals surface area contributed by atoms with Crippen molar-refractivity contribution in [2.75, 3.05) is 27.3 Å². The maximum Gasteiger partial charge on any atom is 0.253 e. The second kappa shape index (κ2) is 10.2. The second-order valence-corrected chi connectivity index (χ2v) is 9.52. The van der Waals surface area contributed by atoms with Crippen LogP contribution in [0.2, 0.25) is 0 Å². The molecule has 0 unspecified atom stereocenters. The molecule has 0 atom stereocenters. The predicted molar refractivity (Wildman–Crippen MR) is 117 cm³/mol. The highest BCUT2D eigenvalue weighted by Gasteiger charge is 2.28. The van der Waals surface area contributed by atoms with Crippen LogP contribution in [0.3, 0.4) is 0 Å². The molecule has 3 rings (SSSR count). The molecule has 1 aliphatic rings. The standard InChI is InChI=1S/C23H30N2O4S/c1-25(21-13-11-19(12-14-21)18-7-4-3-5-8-18)23(26)20-9-6-10-22(17-20)30(27,28)24-15-16-29-2/h3-10,17,19,21,24H,11-16H2,1-2H3. The molecule has 1 amide bonds. The van der Waals surface area contributed by atoms with E-state index in [0.717, 1.165) is 25.7 Å². The Morgan fingerprint density at radius 2 is 1.77 bits per heavy atom. The molecule has 1 N–H and O–H groups in total. The van der Waals surface area contributed by atoms with Crippen molar-refractivity contribution < 1.29 is 17.9 Å². The lowest BCUT2D eigenvalue weighted by atomic mass is 9.81. The van der Waals surface area contributed by atoms with Gasteiger partial charge in [0, 0.05) is 32.3 Å². The number of nitrogens with one attached hydrogen (secondary N) is 1. The number of amides is 1. The van der Waals surface area contributed by atoms with E-state index in [1.807, 2.05) is 13.1 Å². The Labute approximate surface area is 179 Å². The number of ether oxygens (including phenoxy) is 1. The van der Waals surface area contributed by atoms with E-state index < -0.39 is 10.0 Å². The molecule has 30 heavy (non-hydrogen) atoms. The van der Waals surface area contributed by atoms with Crippen LogP contribution in [0.4, 0.5) is 0 Å². The van der Waals surface area contributed by atoms with Gasteiger partial charge in [-0.3, -0.25) is 4.79 Å². The third kappa shape index (κ3) is 5.47. The molecule has 0 bridgehead atoms. The summed E-state index contributed by atoms with van der Waals surface area (Å²) in [5.74, 6) is 0.393. The van der Waals surface area contributed by atoms with E-state index >= 15 is 0 Å². The molecular formula is C23H30N2O4S. The zero-order chi connectivity index (χ0) is 21.6. The van der Waals surface area contributed by atoms with E-state index in [9.17, 15) is 13.2 Å². The van der Waals surface area contributed by atoms with Gasteiger partial charge in [-0.05, 0) is 55.4 Å². The number of hydrogen-bond acceptors (Lipinski definition) is 4. The minimum absolute atomic E-state index is 0.0886. The molecule has 7 heteroatoms. The number of benzene rings is 2. The van der Waals surface area contributed by atoms with Crippen molar-refractivity contribution in [3.8, 4) is 0 Å². The summed E-state index contributed by atoms with van der Waals surface area (Å²) in [5, 5.41) is 0. The molecule has 6 nitrogen and oxygen atoms in total. The lowest BCUT2D eigenvalue weighted by Crippen LogP contribution is -2.39. The van der Waals surface area contributed by atoms with E-state index in [-0.39, 0.29) is 30.0 Å². The summed E-state index contributed by atoms with van der Waals surface area (Å²) in [5.41, 5.74) is 1.75. The largest absolute Gasteiger partial charge is 0.383 e. The van der Waals surface area contributed by atoms with Crippen LogP contribution in [0.1, 0.15) is 47.5 Å². The molecule has 0 heterocycles. The summed E-state index contributed by atoms with van der Waals surface area (Å²) < 4.78 is 32.2. The van der Waals surface area contributed by atoms with Crippen molar-refractivity contribution in [1.29, 1.82) is 0 Å². The number of methoxy groups -OCH3 is 1. The molecule has 0 aromatic heterocycles. The molecule has 162 valence electrons. The third-order valence-corrected chi connectivity index (χ3v) is 7.28. The van der Waals surface area contributed by atoms with Gasteiger partial charge >= 0.3 is 0 Å². The molecule has 1 saturated carbocycles. The van der Waals surface area contributed by atoms with Crippen LogP contribution < -0.4 is 4.72 Å². The van der Waals surface area contributed by atoms with Gasteiger partial charge in [-0.2, -0.15) is 0 Å². The van der Waals surface area contributed by atoms with Crippen molar-refractivity contribution in [3.63, 3.8) is 0 Å². The first-order valence-corrected chi connectivity index (χ1v) is 11.8. The number of sulfonamides is 1. The molecule has 0 spiro atoms. The Morgan fingerprint density at radius 1 is 1.07 bits per heavy atom. The Bertz CT molecular complexity index is 939. The molecular weight excluding hydrogens is 400 g/mol. The SMILES string of the molecule is COCCNS(=O)(=O)c1cccc(C(=O)N(C)C2CCC(c3ccccc3)CC2)c1. The molecule has 1 fully saturated rings. The maximum atomic E-state index is 13.0. The Balaban J connectivity index is 1.64. The Kier molecular flexibility index (Phi) is 7.64. The van der Waals surface area contributed by atoms with Gasteiger partial charge in [-0.25, -0.2) is 13.1 Å². The van der Waals surface area contributed by atoms with Crippen LogP contribution in [0, 0.1) is 0 Å². The van der Waals surface area contributed by atoms with Crippen LogP contribution in [0.5, 0.6) is 0 Å². The summed E-state index contributed by atoms with van der Waals surface area (Å²) in [7, 11) is -0.354. The predicted octanol–water partition coefficient (Wildman–Crippen LogP) is 3.41. The molecule has 1 aliphatic carbocycles. The van der Waals surface area contributed by atoms with Gasteiger partial charge in [0.25, 0.3) is 5.91 Å². The highest BCUT2D eigenvalue weighted by atomic mass is 32.2. The summed E-state index contributed by atoms with van der Waals surface area (Å²) >= 11 is 0. The van der Waals surface area contributed by atoms with Gasteiger partial charge < -0.3 is 9.64 Å². The zero-order valence-corrected chi connectivity index (χ0v) is 18.4. The monoisotopic (exact) mass is 430 g/mol. The van der Waals surface area contributed by atoms with E-state index in [1.165, 1.54) is 24.8 Å². The third-order valence-electron chi connectivity index (χ3n) is 5.83. The fourth-order valence-corrected chi connectivity index (χ4v) is 5.11. The van der Waals surface area contributed by atoms with Crippen molar-refractivity contribution in [2.45, 2.75) is 42.5 Å². The van der Waals surface area contributed by atoms with Crippen LogP contribution in [-0.2, 0) is 14.8 Å². The van der Waals surface area contributed by atoms with E-state index in [0.29, 0.717) is 11.5 Å². The molecule has 2 aromatic carbocycles. The topological polar surface area (TPSA) is 75.7 Å². The van der Waals surface area contributed by atoms with Gasteiger partial charge in [0.05, 0.1) is 11.5 Å². The highest BCUT2D eigenvalue weighted by molar-refractivity contribution is 7.89. The summed E-state index contributed by atoms with van der Waals surface area (Å²) in [4.78, 5) is 14.9. The second-order valence-electron chi connectivity index (χ2n) is 7.75. The quantitative estimate of drug-likeness (QED) is 0.651. The minimum Gasteiger partial charge on any atom is -0.383 e. The molecule has 0 saturated heterocycles. The fourth-order valence-electron chi connectivity index (χ4n) is 4.05. The molecule has 0 radical (unpaired) electrons. The first-order chi connectivity index (χ1) is 14.4. The van der Waals surface area contributed by atoms with Gasteiger partial charge in [0.1, 0.15) is 0 Å². The average molecular weight is 431 g/mol. The van der Waals surface area contributed by atoms with Crippen molar-refractivity contribution in [3.05, 3.63) is 65.7 Å². The van der Waals surface area contributed by atoms with Crippen LogP contribution >= 0.6 is 0 Å². The van der Waals surface area contributed by atoms with Crippen LogP contribution in [0.15, 0.2) is 59.5 Å². The first-order valence-electron chi connectivity index (χ1n) is 10.3. The van der Waals surface area contributed by atoms with E-state index in [1.54, 1.807) is 17.0 Å². The Hall–Kier alpha value is -2.22. The number of carbonyl (C=O) groups is 1. The van der Waals surface area contributed by atoms with Crippen LogP contribution in [0.25, 0.3) is 0 Å². The number of hydrogen-bond donors (Lipinski definition) is 1. The van der Waals surface area contributed by atoms with Crippen molar-refractivity contribution >= 4 is 15.9 Å². The van der Waals surface area contributed by atoms with Crippen LogP contribution in [-0.4, -0.2) is 52.6 Å². The van der Waals surface area contributed by atoms with Gasteiger partial charge in [0.2, 0.25) is 10.0 Å². The number of rotatable bonds is 8. The fraction of sp³-hybridized carbons (Fsp3) is 0.435. The number of nitrogens with zero attached hydrogens (tertiary/aromatic N) is 1. The highest BCUT2D eigenvalue weighted by Crippen LogP contribution is 2.34. The zero-order valence-electron chi connectivity index (χ0n) is 17.6. The normalized spacial score (nSPS) is 19.4. The first kappa shape index (κ1) is 22.5. The number of carbonyl (C=O) groups excluding carboxylic acids is 1. The molecule has 2 aromatic rings. The summed E-state index contributed by atoms with van der Waals surface area (Å²) in [6, 6.07) is 16.9. The Morgan fingerprint density at radius 3 is 2.43 bits per heavy atom. The average Bonchev–Trinajstić information content (AvgIpc) is 2.79. The maximum absolute atomic E-state index is 13.0. The van der Waals surface area contributed by atoms with Gasteiger partial charge in [-0.1, -0.05) is 36.4 Å². The van der Waals surface area contributed by atoms with Crippen molar-refractivity contribution in [1.82, 2.24) is 9.62 Å². The minimum atomic E-state index is -3.68. The summed E-state index contributed by atoms with van der Waals surface area (Å²) in [6.45, 7) is 0.466.